The molecular formula is C8H12N2O3. The van der Waals surface area contributed by atoms with E-state index in [1.54, 1.807) is 6.07 Å². The van der Waals surface area contributed by atoms with Crippen LogP contribution in [0.5, 0.6) is 0 Å². The molecule has 0 aromatic rings. The highest BCUT2D eigenvalue weighted by molar-refractivity contribution is 5.78. The molecule has 5 heteroatoms. The quantitative estimate of drug-likeness (QED) is 0.588. The first kappa shape index (κ1) is 9.96. The van der Waals surface area contributed by atoms with Crippen molar-refractivity contribution in [2.24, 2.45) is 5.73 Å². The molecule has 0 aromatic heterocycles. The number of nitrogens with zero attached hydrogens (tertiary/aromatic N) is 1. The Hall–Kier alpha value is -1.12. The van der Waals surface area contributed by atoms with E-state index in [4.69, 9.17) is 20.5 Å². The van der Waals surface area contributed by atoms with Crippen molar-refractivity contribution in [2.75, 3.05) is 13.2 Å². The number of ether oxygens (including phenoxy) is 2. The minimum absolute atomic E-state index is 0.138. The fourth-order valence-electron chi connectivity index (χ4n) is 1.08. The highest BCUT2D eigenvalue weighted by atomic mass is 16.6. The first-order valence-electron chi connectivity index (χ1n) is 4.17. The summed E-state index contributed by atoms with van der Waals surface area (Å²) in [7, 11) is 0. The lowest BCUT2D eigenvalue weighted by Gasteiger charge is -2.22. The first-order valence-corrected chi connectivity index (χ1v) is 4.17. The summed E-state index contributed by atoms with van der Waals surface area (Å²) in [6, 6.07) is 0.462. The normalized spacial score (nSPS) is 20.3. The van der Waals surface area contributed by atoms with Crippen molar-refractivity contribution >= 4 is 5.97 Å². The molecule has 0 aliphatic carbocycles. The van der Waals surface area contributed by atoms with Gasteiger partial charge in [0.25, 0.3) is 0 Å². The molecule has 5 nitrogen and oxygen atoms in total. The summed E-state index contributed by atoms with van der Waals surface area (Å²) >= 11 is 0. The molecule has 1 atom stereocenters. The van der Waals surface area contributed by atoms with E-state index in [-0.39, 0.29) is 6.10 Å². The Kier molecular flexibility index (Phi) is 3.68. The van der Waals surface area contributed by atoms with E-state index in [0.29, 0.717) is 26.1 Å². The monoisotopic (exact) mass is 184 g/mol. The predicted octanol–water partition coefficient (Wildman–Crippen LogP) is -0.441. The molecule has 0 amide bonds. The number of hydrogen-bond donors (Lipinski definition) is 1. The molecule has 1 rings (SSSR count). The van der Waals surface area contributed by atoms with Gasteiger partial charge in [0.05, 0.1) is 19.3 Å². The highest BCUT2D eigenvalue weighted by Gasteiger charge is 2.21. The van der Waals surface area contributed by atoms with Crippen LogP contribution >= 0.6 is 0 Å². The predicted molar refractivity (Wildman–Crippen MR) is 43.5 cm³/mol. The Bertz CT molecular complexity index is 218. The highest BCUT2D eigenvalue weighted by Crippen LogP contribution is 2.10. The van der Waals surface area contributed by atoms with Crippen molar-refractivity contribution in [1.82, 2.24) is 0 Å². The average Bonchev–Trinajstić information content (AvgIpc) is 2.18. The van der Waals surface area contributed by atoms with E-state index >= 15 is 0 Å². The molecule has 1 aliphatic heterocycles. The van der Waals surface area contributed by atoms with Gasteiger partial charge >= 0.3 is 5.97 Å². The van der Waals surface area contributed by atoms with Crippen LogP contribution in [0.1, 0.15) is 12.8 Å². The van der Waals surface area contributed by atoms with Gasteiger partial charge in [-0.1, -0.05) is 0 Å². The van der Waals surface area contributed by atoms with Crippen LogP contribution in [0.15, 0.2) is 0 Å². The van der Waals surface area contributed by atoms with Crippen LogP contribution in [0.2, 0.25) is 0 Å². The van der Waals surface area contributed by atoms with E-state index in [9.17, 15) is 4.79 Å². The summed E-state index contributed by atoms with van der Waals surface area (Å²) in [5, 5.41) is 8.33. The molecule has 0 radical (unpaired) electrons. The summed E-state index contributed by atoms with van der Waals surface area (Å²) in [5.41, 5.74) is 5.17. The number of nitriles is 1. The largest absolute Gasteiger partial charge is 0.460 e. The second-order valence-electron chi connectivity index (χ2n) is 2.86. The molecule has 0 aromatic carbocycles. The number of rotatable bonds is 2. The van der Waals surface area contributed by atoms with Crippen molar-refractivity contribution in [3.63, 3.8) is 0 Å². The minimum atomic E-state index is -1.16. The molecule has 1 unspecified atom stereocenters. The van der Waals surface area contributed by atoms with Gasteiger partial charge in [-0.25, -0.2) is 4.79 Å². The van der Waals surface area contributed by atoms with Gasteiger partial charge in [-0.05, 0) is 0 Å². The molecule has 2 N–H and O–H groups in total. The van der Waals surface area contributed by atoms with Crippen LogP contribution in [0, 0.1) is 11.3 Å². The molecular weight excluding hydrogens is 172 g/mol. The van der Waals surface area contributed by atoms with Gasteiger partial charge in [0.1, 0.15) is 6.10 Å². The number of carbonyl (C=O) groups is 1. The van der Waals surface area contributed by atoms with Crippen LogP contribution in [-0.2, 0) is 14.3 Å². The van der Waals surface area contributed by atoms with Gasteiger partial charge in [-0.3, -0.25) is 0 Å². The van der Waals surface area contributed by atoms with Gasteiger partial charge in [-0.2, -0.15) is 5.26 Å². The zero-order chi connectivity index (χ0) is 9.68. The Morgan fingerprint density at radius 3 is 2.77 bits per heavy atom. The van der Waals surface area contributed by atoms with Gasteiger partial charge in [0.2, 0.25) is 0 Å². The lowest BCUT2D eigenvalue weighted by Crippen LogP contribution is -2.35. The van der Waals surface area contributed by atoms with E-state index in [2.05, 4.69) is 0 Å². The first-order chi connectivity index (χ1) is 6.24. The summed E-state index contributed by atoms with van der Waals surface area (Å²) in [5.74, 6) is -0.644. The van der Waals surface area contributed by atoms with Crippen LogP contribution in [0.25, 0.3) is 0 Å². The number of carbonyl (C=O) groups excluding carboxylic acids is 1. The summed E-state index contributed by atoms with van der Waals surface area (Å²) in [4.78, 5) is 11.0. The second kappa shape index (κ2) is 4.80. The molecule has 0 saturated carbocycles. The summed E-state index contributed by atoms with van der Waals surface area (Å²) < 4.78 is 10.1. The fraction of sp³-hybridized carbons (Fsp3) is 0.750. The van der Waals surface area contributed by atoms with Crippen LogP contribution < -0.4 is 5.73 Å². The second-order valence-corrected chi connectivity index (χ2v) is 2.86. The van der Waals surface area contributed by atoms with Gasteiger partial charge in [-0.15, -0.1) is 0 Å². The van der Waals surface area contributed by atoms with Crippen molar-refractivity contribution in [1.29, 1.82) is 5.26 Å². The maximum Gasteiger partial charge on any atom is 0.338 e. The van der Waals surface area contributed by atoms with Crippen LogP contribution in [0.3, 0.4) is 0 Å². The van der Waals surface area contributed by atoms with Crippen LogP contribution in [0.4, 0.5) is 0 Å². The van der Waals surface area contributed by atoms with Crippen molar-refractivity contribution < 1.29 is 14.3 Å². The van der Waals surface area contributed by atoms with Crippen molar-refractivity contribution in [2.45, 2.75) is 25.0 Å². The molecule has 0 bridgehead atoms. The molecule has 1 heterocycles. The maximum atomic E-state index is 11.0. The minimum Gasteiger partial charge on any atom is -0.460 e. The topological polar surface area (TPSA) is 85.3 Å². The van der Waals surface area contributed by atoms with E-state index < -0.39 is 12.0 Å². The van der Waals surface area contributed by atoms with Crippen molar-refractivity contribution in [3.05, 3.63) is 0 Å². The Morgan fingerprint density at radius 2 is 2.23 bits per heavy atom. The molecule has 1 fully saturated rings. The standard InChI is InChI=1S/C8H12N2O3/c9-5-7(10)8(11)13-6-1-3-12-4-2-6/h6-7H,1-4,10H2. The lowest BCUT2D eigenvalue weighted by atomic mass is 10.1. The van der Waals surface area contributed by atoms with Crippen LogP contribution in [-0.4, -0.2) is 31.3 Å². The average molecular weight is 184 g/mol. The zero-order valence-corrected chi connectivity index (χ0v) is 7.23. The van der Waals surface area contributed by atoms with E-state index in [1.165, 1.54) is 0 Å². The number of nitrogens with two attached hydrogens (primary N) is 1. The Labute approximate surface area is 76.4 Å². The SMILES string of the molecule is N#CC(N)C(=O)OC1CCOCC1. The molecule has 72 valence electrons. The molecule has 13 heavy (non-hydrogen) atoms. The number of esters is 1. The van der Waals surface area contributed by atoms with Gasteiger partial charge in [0.15, 0.2) is 6.04 Å². The molecule has 1 aliphatic rings. The zero-order valence-electron chi connectivity index (χ0n) is 7.23. The third kappa shape index (κ3) is 3.01. The third-order valence-corrected chi connectivity index (χ3v) is 1.84. The molecule has 0 spiro atoms. The smallest absolute Gasteiger partial charge is 0.338 e. The Balaban J connectivity index is 2.31. The molecule has 1 saturated heterocycles. The Morgan fingerprint density at radius 1 is 1.62 bits per heavy atom. The van der Waals surface area contributed by atoms with Crippen molar-refractivity contribution in [3.8, 4) is 6.07 Å². The van der Waals surface area contributed by atoms with Gasteiger partial charge < -0.3 is 15.2 Å². The summed E-state index contributed by atoms with van der Waals surface area (Å²) in [6.45, 7) is 1.19. The van der Waals surface area contributed by atoms with E-state index in [1.807, 2.05) is 0 Å². The fourth-order valence-corrected chi connectivity index (χ4v) is 1.08. The number of hydrogen-bond acceptors (Lipinski definition) is 5. The maximum absolute atomic E-state index is 11.0. The van der Waals surface area contributed by atoms with Gasteiger partial charge in [0, 0.05) is 12.8 Å². The lowest BCUT2D eigenvalue weighted by molar-refractivity contribution is -0.153. The third-order valence-electron chi connectivity index (χ3n) is 1.84. The van der Waals surface area contributed by atoms with E-state index in [0.717, 1.165) is 0 Å². The summed E-state index contributed by atoms with van der Waals surface area (Å²) in [6.07, 6.45) is 1.23.